The van der Waals surface area contributed by atoms with E-state index in [-0.39, 0.29) is 22.8 Å². The van der Waals surface area contributed by atoms with E-state index >= 15 is 0 Å². The number of benzene rings is 1. The van der Waals surface area contributed by atoms with Crippen LogP contribution in [0.2, 0.25) is 0 Å². The smallest absolute Gasteiger partial charge is 0.270 e. The van der Waals surface area contributed by atoms with E-state index in [0.29, 0.717) is 12.1 Å². The molecule has 1 atom stereocenters. The molecule has 1 aliphatic rings. The van der Waals surface area contributed by atoms with Crippen molar-refractivity contribution in [2.45, 2.75) is 18.9 Å². The van der Waals surface area contributed by atoms with Crippen LogP contribution in [0.3, 0.4) is 0 Å². The quantitative estimate of drug-likeness (QED) is 0.667. The first-order chi connectivity index (χ1) is 9.25. The second-order valence-electron chi connectivity index (χ2n) is 5.13. The molecule has 1 unspecified atom stereocenters. The summed E-state index contributed by atoms with van der Waals surface area (Å²) in [6.45, 7) is 1.76. The first-order valence-corrected chi connectivity index (χ1v) is 7.74. The summed E-state index contributed by atoms with van der Waals surface area (Å²) in [7, 11) is -3.07. The fraction of sp³-hybridized carbons (Fsp3) is 0.417. The predicted octanol–water partition coefficient (Wildman–Crippen LogP) is 1.46. The molecule has 8 heteroatoms. The van der Waals surface area contributed by atoms with Gasteiger partial charge in [-0.15, -0.1) is 0 Å². The lowest BCUT2D eigenvalue weighted by molar-refractivity contribution is -0.384. The minimum atomic E-state index is -3.07. The summed E-state index contributed by atoms with van der Waals surface area (Å²) >= 11 is 0. The van der Waals surface area contributed by atoms with Crippen LogP contribution in [0.5, 0.6) is 0 Å². The maximum absolute atomic E-state index is 11.5. The monoisotopic (exact) mass is 295 g/mol. The first kappa shape index (κ1) is 14.3. The normalized spacial score (nSPS) is 24.0. The number of non-ortho nitro benzene ring substituents is 1. The molecule has 1 aliphatic heterocycles. The van der Waals surface area contributed by atoms with E-state index < -0.39 is 20.3 Å². The van der Waals surface area contributed by atoms with Crippen molar-refractivity contribution in [1.82, 2.24) is 0 Å². The maximum atomic E-state index is 11.5. The third-order valence-electron chi connectivity index (χ3n) is 3.27. The van der Waals surface area contributed by atoms with Crippen LogP contribution in [0, 0.1) is 21.4 Å². The molecule has 1 aromatic carbocycles. The highest BCUT2D eigenvalue weighted by Gasteiger charge is 2.38. The van der Waals surface area contributed by atoms with Crippen molar-refractivity contribution in [3.8, 4) is 6.07 Å². The molecular formula is C12H13N3O4S. The molecule has 1 heterocycles. The Bertz CT molecular complexity index is 708. The van der Waals surface area contributed by atoms with Gasteiger partial charge in [-0.1, -0.05) is 0 Å². The Hall–Kier alpha value is -2.14. The van der Waals surface area contributed by atoms with E-state index in [1.165, 1.54) is 18.2 Å². The van der Waals surface area contributed by atoms with E-state index in [1.54, 1.807) is 6.92 Å². The third-order valence-corrected chi connectivity index (χ3v) is 5.18. The van der Waals surface area contributed by atoms with Crippen molar-refractivity contribution in [1.29, 1.82) is 5.26 Å². The maximum Gasteiger partial charge on any atom is 0.270 e. The fourth-order valence-electron chi connectivity index (χ4n) is 2.28. The summed E-state index contributed by atoms with van der Waals surface area (Å²) in [5.41, 5.74) is -0.278. The Morgan fingerprint density at radius 3 is 2.70 bits per heavy atom. The Morgan fingerprint density at radius 1 is 1.50 bits per heavy atom. The van der Waals surface area contributed by atoms with Crippen LogP contribution in [0.4, 0.5) is 11.4 Å². The number of sulfone groups is 1. The van der Waals surface area contributed by atoms with Gasteiger partial charge in [0.1, 0.15) is 6.07 Å². The van der Waals surface area contributed by atoms with Crippen LogP contribution in [-0.2, 0) is 9.84 Å². The highest BCUT2D eigenvalue weighted by molar-refractivity contribution is 7.91. The minimum absolute atomic E-state index is 0.0120. The Balaban J connectivity index is 2.31. The number of nitro benzene ring substituents is 1. The van der Waals surface area contributed by atoms with Gasteiger partial charge in [0.2, 0.25) is 0 Å². The van der Waals surface area contributed by atoms with E-state index in [9.17, 15) is 18.5 Å². The van der Waals surface area contributed by atoms with Gasteiger partial charge in [0.15, 0.2) is 9.84 Å². The predicted molar refractivity (Wildman–Crippen MR) is 73.1 cm³/mol. The Labute approximate surface area is 116 Å². The van der Waals surface area contributed by atoms with Crippen molar-refractivity contribution in [2.75, 3.05) is 16.8 Å². The molecule has 0 bridgehead atoms. The largest absolute Gasteiger partial charge is 0.378 e. The van der Waals surface area contributed by atoms with Gasteiger partial charge in [0, 0.05) is 17.7 Å². The number of hydrogen-bond donors (Lipinski definition) is 1. The molecule has 1 fully saturated rings. The van der Waals surface area contributed by atoms with Gasteiger partial charge in [0.25, 0.3) is 5.69 Å². The van der Waals surface area contributed by atoms with Gasteiger partial charge in [0.05, 0.1) is 27.7 Å². The molecule has 1 saturated heterocycles. The summed E-state index contributed by atoms with van der Waals surface area (Å²) < 4.78 is 23.1. The second-order valence-corrected chi connectivity index (χ2v) is 7.31. The van der Waals surface area contributed by atoms with Crippen molar-refractivity contribution in [2.24, 2.45) is 0 Å². The lowest BCUT2D eigenvalue weighted by atomic mass is 10.0. The number of nitriles is 1. The van der Waals surface area contributed by atoms with Crippen LogP contribution < -0.4 is 5.32 Å². The Kier molecular flexibility index (Phi) is 3.39. The zero-order valence-corrected chi connectivity index (χ0v) is 11.6. The molecular weight excluding hydrogens is 282 g/mol. The number of anilines is 1. The lowest BCUT2D eigenvalue weighted by Gasteiger charge is -2.25. The molecule has 106 valence electrons. The molecule has 1 N–H and O–H groups in total. The topological polar surface area (TPSA) is 113 Å². The SMILES string of the molecule is CC1(Nc2ccc([N+](=O)[O-])cc2C#N)CCS(=O)(=O)C1. The zero-order valence-electron chi connectivity index (χ0n) is 10.8. The van der Waals surface area contributed by atoms with Gasteiger partial charge < -0.3 is 5.32 Å². The van der Waals surface area contributed by atoms with E-state index in [4.69, 9.17) is 5.26 Å². The van der Waals surface area contributed by atoms with Crippen LogP contribution >= 0.6 is 0 Å². The summed E-state index contributed by atoms with van der Waals surface area (Å²) in [6.07, 6.45) is 0.442. The van der Waals surface area contributed by atoms with Crippen molar-refractivity contribution >= 4 is 21.2 Å². The highest BCUT2D eigenvalue weighted by Crippen LogP contribution is 2.30. The summed E-state index contributed by atoms with van der Waals surface area (Å²) in [4.78, 5) is 10.1. The van der Waals surface area contributed by atoms with E-state index in [2.05, 4.69) is 5.32 Å². The van der Waals surface area contributed by atoms with Gasteiger partial charge in [-0.05, 0) is 19.4 Å². The molecule has 0 aromatic heterocycles. The molecule has 0 aliphatic carbocycles. The molecule has 0 radical (unpaired) electrons. The van der Waals surface area contributed by atoms with Crippen LogP contribution in [0.25, 0.3) is 0 Å². The van der Waals surface area contributed by atoms with Crippen LogP contribution in [0.1, 0.15) is 18.9 Å². The fourth-order valence-corrected chi connectivity index (χ4v) is 4.37. The molecule has 0 amide bonds. The number of nitro groups is 1. The van der Waals surface area contributed by atoms with Crippen molar-refractivity contribution in [3.63, 3.8) is 0 Å². The van der Waals surface area contributed by atoms with Crippen molar-refractivity contribution < 1.29 is 13.3 Å². The van der Waals surface area contributed by atoms with Crippen LogP contribution in [0.15, 0.2) is 18.2 Å². The standard InChI is InChI=1S/C12H13N3O4S/c1-12(4-5-20(18,19)8-12)14-11-3-2-10(15(16)17)6-9(11)7-13/h2-3,6,14H,4-5,8H2,1H3. The van der Waals surface area contributed by atoms with Crippen molar-refractivity contribution in [3.05, 3.63) is 33.9 Å². The third kappa shape index (κ3) is 2.88. The van der Waals surface area contributed by atoms with E-state index in [1.807, 2.05) is 6.07 Å². The van der Waals surface area contributed by atoms with Gasteiger partial charge in [-0.2, -0.15) is 5.26 Å². The number of nitrogens with one attached hydrogen (secondary N) is 1. The summed E-state index contributed by atoms with van der Waals surface area (Å²) in [5, 5.41) is 22.8. The number of hydrogen-bond acceptors (Lipinski definition) is 6. The molecule has 1 aromatic rings. The average Bonchev–Trinajstić information content (AvgIpc) is 2.63. The lowest BCUT2D eigenvalue weighted by Crippen LogP contribution is -2.36. The highest BCUT2D eigenvalue weighted by atomic mass is 32.2. The molecule has 0 spiro atoms. The summed E-state index contributed by atoms with van der Waals surface area (Å²) in [5.74, 6) is 0.0905. The Morgan fingerprint density at radius 2 is 2.20 bits per heavy atom. The van der Waals surface area contributed by atoms with E-state index in [0.717, 1.165) is 0 Å². The van der Waals surface area contributed by atoms with Gasteiger partial charge in [-0.3, -0.25) is 10.1 Å². The average molecular weight is 295 g/mol. The summed E-state index contributed by atoms with van der Waals surface area (Å²) in [6, 6.07) is 5.79. The minimum Gasteiger partial charge on any atom is -0.378 e. The van der Waals surface area contributed by atoms with Gasteiger partial charge in [-0.25, -0.2) is 8.42 Å². The number of rotatable bonds is 3. The van der Waals surface area contributed by atoms with Crippen LogP contribution in [-0.4, -0.2) is 30.4 Å². The molecule has 0 saturated carbocycles. The van der Waals surface area contributed by atoms with Gasteiger partial charge >= 0.3 is 0 Å². The molecule has 20 heavy (non-hydrogen) atoms. The molecule has 7 nitrogen and oxygen atoms in total. The first-order valence-electron chi connectivity index (χ1n) is 5.92. The number of nitrogens with zero attached hydrogens (tertiary/aromatic N) is 2. The molecule has 2 rings (SSSR count). The second kappa shape index (κ2) is 4.76. The zero-order chi connectivity index (χ0) is 15.0.